The minimum absolute atomic E-state index is 0.167. The molecule has 1 rings (SSSR count). The van der Waals surface area contributed by atoms with E-state index in [0.717, 1.165) is 12.0 Å². The van der Waals surface area contributed by atoms with Crippen LogP contribution in [0.15, 0.2) is 55.1 Å². The zero-order chi connectivity index (χ0) is 15.2. The molecule has 0 bridgehead atoms. The van der Waals surface area contributed by atoms with Gasteiger partial charge in [-0.25, -0.2) is 0 Å². The van der Waals surface area contributed by atoms with Gasteiger partial charge in [0, 0.05) is 5.41 Å². The summed E-state index contributed by atoms with van der Waals surface area (Å²) in [5.41, 5.74) is 0.0740. The van der Waals surface area contributed by atoms with Crippen molar-refractivity contribution in [1.29, 1.82) is 0 Å². The zero-order valence-corrected chi connectivity index (χ0v) is 12.5. The second-order valence-corrected chi connectivity index (χ2v) is 5.89. The standard InChI is InChI=1S/C18H24O2/c1-5-18(4,13-6-12-17(2,3)20)14-11-15-7-9-16(19)10-8-15/h5-12,14,19-20H,1,13H2,2-4H3/t18-/m0/s1. The molecular formula is C18H24O2. The highest BCUT2D eigenvalue weighted by atomic mass is 16.3. The Morgan fingerprint density at radius 2 is 1.70 bits per heavy atom. The molecule has 108 valence electrons. The van der Waals surface area contributed by atoms with Crippen LogP contribution in [0.5, 0.6) is 5.75 Å². The van der Waals surface area contributed by atoms with Gasteiger partial charge < -0.3 is 10.2 Å². The summed E-state index contributed by atoms with van der Waals surface area (Å²) in [6, 6.07) is 7.06. The Kier molecular flexibility index (Phi) is 5.34. The molecule has 0 saturated carbocycles. The lowest BCUT2D eigenvalue weighted by molar-refractivity contribution is 0.132. The smallest absolute Gasteiger partial charge is 0.115 e. The van der Waals surface area contributed by atoms with Gasteiger partial charge >= 0.3 is 0 Å². The molecule has 0 aromatic heterocycles. The van der Waals surface area contributed by atoms with Gasteiger partial charge in [0.1, 0.15) is 5.75 Å². The van der Waals surface area contributed by atoms with Crippen molar-refractivity contribution < 1.29 is 10.2 Å². The van der Waals surface area contributed by atoms with Gasteiger partial charge in [-0.1, -0.05) is 49.4 Å². The highest BCUT2D eigenvalue weighted by Gasteiger charge is 2.15. The Labute approximate surface area is 121 Å². The van der Waals surface area contributed by atoms with Gasteiger partial charge in [-0.3, -0.25) is 0 Å². The van der Waals surface area contributed by atoms with Gasteiger partial charge in [-0.2, -0.15) is 0 Å². The number of aromatic hydroxyl groups is 1. The van der Waals surface area contributed by atoms with Crippen LogP contribution < -0.4 is 0 Å². The molecule has 1 aromatic carbocycles. The first-order valence-electron chi connectivity index (χ1n) is 6.76. The SMILES string of the molecule is C=C[C@](C)(C=Cc1ccc(O)cc1)CC=CC(C)(C)O. The molecule has 0 unspecified atom stereocenters. The van der Waals surface area contributed by atoms with Crippen molar-refractivity contribution in [3.63, 3.8) is 0 Å². The molecule has 2 heteroatoms. The zero-order valence-electron chi connectivity index (χ0n) is 12.5. The molecule has 2 N–H and O–H groups in total. The van der Waals surface area contributed by atoms with E-state index < -0.39 is 5.60 Å². The van der Waals surface area contributed by atoms with Crippen molar-refractivity contribution in [3.8, 4) is 5.75 Å². The fraction of sp³-hybridized carbons (Fsp3) is 0.333. The first-order valence-corrected chi connectivity index (χ1v) is 6.76. The third-order valence-corrected chi connectivity index (χ3v) is 3.10. The lowest BCUT2D eigenvalue weighted by atomic mass is 9.85. The van der Waals surface area contributed by atoms with E-state index in [1.807, 2.05) is 30.4 Å². The van der Waals surface area contributed by atoms with Crippen molar-refractivity contribution in [2.45, 2.75) is 32.8 Å². The minimum Gasteiger partial charge on any atom is -0.508 e. The number of phenols is 1. The summed E-state index contributed by atoms with van der Waals surface area (Å²) >= 11 is 0. The van der Waals surface area contributed by atoms with Gasteiger partial charge in [0.15, 0.2) is 0 Å². The topological polar surface area (TPSA) is 40.5 Å². The quantitative estimate of drug-likeness (QED) is 0.757. The fourth-order valence-corrected chi connectivity index (χ4v) is 1.69. The molecule has 0 aliphatic heterocycles. The third-order valence-electron chi connectivity index (χ3n) is 3.10. The lowest BCUT2D eigenvalue weighted by Gasteiger charge is -2.20. The Balaban J connectivity index is 2.76. The molecule has 0 aliphatic carbocycles. The summed E-state index contributed by atoms with van der Waals surface area (Å²) in [6.07, 6.45) is 10.5. The Morgan fingerprint density at radius 1 is 1.10 bits per heavy atom. The average Bonchev–Trinajstić information content (AvgIpc) is 2.37. The first-order chi connectivity index (χ1) is 9.24. The fourth-order valence-electron chi connectivity index (χ4n) is 1.69. The highest BCUT2D eigenvalue weighted by Crippen LogP contribution is 2.27. The van der Waals surface area contributed by atoms with Gasteiger partial charge in [0.25, 0.3) is 0 Å². The van der Waals surface area contributed by atoms with E-state index in [1.54, 1.807) is 32.1 Å². The van der Waals surface area contributed by atoms with E-state index in [9.17, 15) is 10.2 Å². The monoisotopic (exact) mass is 272 g/mol. The van der Waals surface area contributed by atoms with Crippen molar-refractivity contribution in [1.82, 2.24) is 0 Å². The maximum atomic E-state index is 9.67. The van der Waals surface area contributed by atoms with Crippen molar-refractivity contribution in [3.05, 3.63) is 60.7 Å². The van der Waals surface area contributed by atoms with Crippen molar-refractivity contribution >= 4 is 6.08 Å². The summed E-state index contributed by atoms with van der Waals surface area (Å²) in [7, 11) is 0. The Morgan fingerprint density at radius 3 is 2.20 bits per heavy atom. The molecular weight excluding hydrogens is 248 g/mol. The third kappa shape index (κ3) is 5.89. The van der Waals surface area contributed by atoms with E-state index in [0.29, 0.717) is 0 Å². The summed E-state index contributed by atoms with van der Waals surface area (Å²) < 4.78 is 0. The van der Waals surface area contributed by atoms with E-state index in [4.69, 9.17) is 0 Å². The summed E-state index contributed by atoms with van der Waals surface area (Å²) in [5.74, 6) is 0.266. The number of allylic oxidation sites excluding steroid dienone is 3. The molecule has 1 atom stereocenters. The molecule has 0 spiro atoms. The molecule has 0 fully saturated rings. The van der Waals surface area contributed by atoms with Gasteiger partial charge in [-0.15, -0.1) is 6.58 Å². The molecule has 0 heterocycles. The van der Waals surface area contributed by atoms with E-state index >= 15 is 0 Å². The van der Waals surface area contributed by atoms with Gasteiger partial charge in [0.05, 0.1) is 5.60 Å². The number of benzene rings is 1. The van der Waals surface area contributed by atoms with Crippen LogP contribution in [-0.2, 0) is 0 Å². The molecule has 0 amide bonds. The van der Waals surface area contributed by atoms with Crippen LogP contribution in [0.1, 0.15) is 32.8 Å². The number of rotatable bonds is 6. The minimum atomic E-state index is -0.789. The lowest BCUT2D eigenvalue weighted by Crippen LogP contribution is -2.14. The molecule has 20 heavy (non-hydrogen) atoms. The molecule has 1 aromatic rings. The predicted octanol–water partition coefficient (Wildman–Crippen LogP) is 4.31. The van der Waals surface area contributed by atoms with Crippen molar-refractivity contribution in [2.75, 3.05) is 0 Å². The summed E-state index contributed by atoms with van der Waals surface area (Å²) in [6.45, 7) is 9.48. The Bertz CT molecular complexity index is 489. The van der Waals surface area contributed by atoms with Crippen LogP contribution in [0.4, 0.5) is 0 Å². The second kappa shape index (κ2) is 6.58. The normalized spacial score (nSPS) is 15.6. The Hall–Kier alpha value is -1.80. The van der Waals surface area contributed by atoms with Gasteiger partial charge in [-0.05, 0) is 38.0 Å². The van der Waals surface area contributed by atoms with Crippen molar-refractivity contribution in [2.24, 2.45) is 5.41 Å². The van der Waals surface area contributed by atoms with Crippen LogP contribution in [-0.4, -0.2) is 15.8 Å². The largest absolute Gasteiger partial charge is 0.508 e. The predicted molar refractivity (Wildman–Crippen MR) is 85.5 cm³/mol. The maximum absolute atomic E-state index is 9.67. The molecule has 0 aliphatic rings. The highest BCUT2D eigenvalue weighted by molar-refractivity contribution is 5.51. The number of hydrogen-bond acceptors (Lipinski definition) is 2. The van der Waals surface area contributed by atoms with Crippen LogP contribution in [0.25, 0.3) is 6.08 Å². The number of aliphatic hydroxyl groups is 1. The summed E-state index contributed by atoms with van der Waals surface area (Å²) in [5, 5.41) is 18.9. The van der Waals surface area contributed by atoms with Crippen LogP contribution in [0.3, 0.4) is 0 Å². The van der Waals surface area contributed by atoms with E-state index in [2.05, 4.69) is 19.6 Å². The van der Waals surface area contributed by atoms with Gasteiger partial charge in [0.2, 0.25) is 0 Å². The molecule has 0 saturated heterocycles. The maximum Gasteiger partial charge on any atom is 0.115 e. The number of hydrogen-bond donors (Lipinski definition) is 2. The van der Waals surface area contributed by atoms with E-state index in [1.165, 1.54) is 0 Å². The average molecular weight is 272 g/mol. The van der Waals surface area contributed by atoms with Crippen LogP contribution >= 0.6 is 0 Å². The number of phenolic OH excluding ortho intramolecular Hbond substituents is 1. The molecule has 0 radical (unpaired) electrons. The first kappa shape index (κ1) is 16.3. The molecule has 2 nitrogen and oxygen atoms in total. The van der Waals surface area contributed by atoms with Crippen LogP contribution in [0, 0.1) is 5.41 Å². The summed E-state index contributed by atoms with van der Waals surface area (Å²) in [4.78, 5) is 0. The second-order valence-electron chi connectivity index (χ2n) is 5.89. The van der Waals surface area contributed by atoms with E-state index in [-0.39, 0.29) is 11.2 Å². The van der Waals surface area contributed by atoms with Crippen LogP contribution in [0.2, 0.25) is 0 Å².